The Morgan fingerprint density at radius 1 is 1.06 bits per heavy atom. The van der Waals surface area contributed by atoms with Crippen LogP contribution < -0.4 is 10.1 Å². The molecule has 0 saturated heterocycles. The van der Waals surface area contributed by atoms with Crippen LogP contribution in [0.3, 0.4) is 0 Å². The molecule has 0 aliphatic heterocycles. The minimum absolute atomic E-state index is 0.327. The molecule has 0 spiro atoms. The van der Waals surface area contributed by atoms with Crippen LogP contribution >= 0.6 is 0 Å². The number of para-hydroxylation sites is 1. The summed E-state index contributed by atoms with van der Waals surface area (Å²) >= 11 is 0. The van der Waals surface area contributed by atoms with Crippen LogP contribution in [0.4, 0.5) is 0 Å². The van der Waals surface area contributed by atoms with E-state index in [4.69, 9.17) is 4.74 Å². The highest BCUT2D eigenvalue weighted by molar-refractivity contribution is 5.21. The first kappa shape index (κ1) is 13.4. The zero-order chi connectivity index (χ0) is 12.6. The molecule has 1 saturated carbocycles. The maximum atomic E-state index is 6.19. The Hall–Kier alpha value is -1.02. The molecule has 0 amide bonds. The molecule has 0 bridgehead atoms. The second kappa shape index (κ2) is 7.42. The molecule has 2 atom stereocenters. The standard InChI is InChI=1S/C16H25NO/c1-2-17-15-12-8-3-4-9-13-16(15)18-14-10-6-5-7-11-14/h5-7,10-11,15-17H,2-4,8-9,12-13H2,1H3. The van der Waals surface area contributed by atoms with Crippen molar-refractivity contribution in [1.29, 1.82) is 0 Å². The van der Waals surface area contributed by atoms with Crippen LogP contribution in [0, 0.1) is 0 Å². The van der Waals surface area contributed by atoms with E-state index in [1.807, 2.05) is 18.2 Å². The van der Waals surface area contributed by atoms with E-state index < -0.39 is 0 Å². The lowest BCUT2D eigenvalue weighted by atomic mass is 9.94. The van der Waals surface area contributed by atoms with E-state index in [0.29, 0.717) is 12.1 Å². The molecule has 2 heteroatoms. The highest BCUT2D eigenvalue weighted by Crippen LogP contribution is 2.22. The lowest BCUT2D eigenvalue weighted by molar-refractivity contribution is 0.128. The van der Waals surface area contributed by atoms with Gasteiger partial charge in [-0.2, -0.15) is 0 Å². The van der Waals surface area contributed by atoms with E-state index in [0.717, 1.165) is 12.3 Å². The monoisotopic (exact) mass is 247 g/mol. The summed E-state index contributed by atoms with van der Waals surface area (Å²) in [6, 6.07) is 10.7. The molecule has 1 fully saturated rings. The van der Waals surface area contributed by atoms with Gasteiger partial charge in [0, 0.05) is 6.04 Å². The van der Waals surface area contributed by atoms with Crippen molar-refractivity contribution < 1.29 is 4.74 Å². The van der Waals surface area contributed by atoms with Crippen LogP contribution in [0.25, 0.3) is 0 Å². The second-order valence-corrected chi connectivity index (χ2v) is 5.13. The molecule has 0 radical (unpaired) electrons. The largest absolute Gasteiger partial charge is 0.489 e. The zero-order valence-electron chi connectivity index (χ0n) is 11.4. The number of likely N-dealkylation sites (N-methyl/N-ethyl adjacent to an activating group) is 1. The molecule has 1 N–H and O–H groups in total. The Labute approximate surface area is 111 Å². The molecule has 1 aromatic rings. The van der Waals surface area contributed by atoms with Gasteiger partial charge in [-0.15, -0.1) is 0 Å². The Morgan fingerprint density at radius 3 is 2.50 bits per heavy atom. The van der Waals surface area contributed by atoms with Gasteiger partial charge in [-0.25, -0.2) is 0 Å². The molecule has 1 aliphatic rings. The fraction of sp³-hybridized carbons (Fsp3) is 0.625. The van der Waals surface area contributed by atoms with Crippen molar-refractivity contribution in [3.05, 3.63) is 30.3 Å². The van der Waals surface area contributed by atoms with Crippen LogP contribution in [0.15, 0.2) is 30.3 Å². The van der Waals surface area contributed by atoms with Crippen molar-refractivity contribution >= 4 is 0 Å². The van der Waals surface area contributed by atoms with Crippen LogP contribution in [-0.2, 0) is 0 Å². The van der Waals surface area contributed by atoms with Gasteiger partial charge in [0.05, 0.1) is 0 Å². The van der Waals surface area contributed by atoms with Crippen molar-refractivity contribution in [1.82, 2.24) is 5.32 Å². The predicted molar refractivity (Wildman–Crippen MR) is 76.0 cm³/mol. The second-order valence-electron chi connectivity index (χ2n) is 5.13. The van der Waals surface area contributed by atoms with Crippen molar-refractivity contribution in [2.45, 2.75) is 57.6 Å². The minimum Gasteiger partial charge on any atom is -0.489 e. The lowest BCUT2D eigenvalue weighted by Crippen LogP contribution is -2.43. The molecule has 2 rings (SSSR count). The van der Waals surface area contributed by atoms with Crippen LogP contribution in [-0.4, -0.2) is 18.7 Å². The summed E-state index contributed by atoms with van der Waals surface area (Å²) in [4.78, 5) is 0. The van der Waals surface area contributed by atoms with Gasteiger partial charge < -0.3 is 10.1 Å². The van der Waals surface area contributed by atoms with Gasteiger partial charge in [-0.3, -0.25) is 0 Å². The van der Waals surface area contributed by atoms with Gasteiger partial charge in [-0.05, 0) is 37.9 Å². The Kier molecular flexibility index (Phi) is 5.53. The van der Waals surface area contributed by atoms with Crippen LogP contribution in [0.2, 0.25) is 0 Å². The number of benzene rings is 1. The quantitative estimate of drug-likeness (QED) is 0.874. The van der Waals surface area contributed by atoms with Gasteiger partial charge >= 0.3 is 0 Å². The maximum Gasteiger partial charge on any atom is 0.119 e. The first-order valence-corrected chi connectivity index (χ1v) is 7.35. The third-order valence-corrected chi connectivity index (χ3v) is 3.70. The first-order chi connectivity index (χ1) is 8.90. The molecular weight excluding hydrogens is 222 g/mol. The third kappa shape index (κ3) is 4.02. The molecule has 2 unspecified atom stereocenters. The first-order valence-electron chi connectivity index (χ1n) is 7.35. The zero-order valence-corrected chi connectivity index (χ0v) is 11.4. The van der Waals surface area contributed by atoms with E-state index >= 15 is 0 Å². The number of nitrogens with one attached hydrogen (secondary N) is 1. The lowest BCUT2D eigenvalue weighted by Gasteiger charge is -2.30. The van der Waals surface area contributed by atoms with Gasteiger partial charge in [0.2, 0.25) is 0 Å². The van der Waals surface area contributed by atoms with Crippen LogP contribution in [0.1, 0.15) is 45.4 Å². The van der Waals surface area contributed by atoms with Crippen molar-refractivity contribution in [3.8, 4) is 5.75 Å². The summed E-state index contributed by atoms with van der Waals surface area (Å²) in [5.41, 5.74) is 0. The highest BCUT2D eigenvalue weighted by atomic mass is 16.5. The molecule has 18 heavy (non-hydrogen) atoms. The summed E-state index contributed by atoms with van der Waals surface area (Å²) < 4.78 is 6.19. The van der Waals surface area contributed by atoms with Crippen molar-refractivity contribution in [2.75, 3.05) is 6.54 Å². The Bertz CT molecular complexity index is 325. The molecule has 0 aromatic heterocycles. The number of rotatable bonds is 4. The minimum atomic E-state index is 0.327. The van der Waals surface area contributed by atoms with Gasteiger partial charge in [-0.1, -0.05) is 44.4 Å². The van der Waals surface area contributed by atoms with Gasteiger partial charge in [0.25, 0.3) is 0 Å². The average Bonchev–Trinajstić information content (AvgIpc) is 2.38. The normalized spacial score (nSPS) is 25.2. The fourth-order valence-electron chi connectivity index (χ4n) is 2.76. The summed E-state index contributed by atoms with van der Waals surface area (Å²) in [6.45, 7) is 3.21. The van der Waals surface area contributed by atoms with Gasteiger partial charge in [0.1, 0.15) is 11.9 Å². The Balaban J connectivity index is 1.99. The highest BCUT2D eigenvalue weighted by Gasteiger charge is 2.23. The van der Waals surface area contributed by atoms with E-state index in [-0.39, 0.29) is 0 Å². The SMILES string of the molecule is CCNC1CCCCCCC1Oc1ccccc1. The van der Waals surface area contributed by atoms with Gasteiger partial charge in [0.15, 0.2) is 0 Å². The van der Waals surface area contributed by atoms with Crippen molar-refractivity contribution in [3.63, 3.8) is 0 Å². The molecule has 1 aliphatic carbocycles. The fourth-order valence-corrected chi connectivity index (χ4v) is 2.76. The summed E-state index contributed by atoms with van der Waals surface area (Å²) in [7, 11) is 0. The van der Waals surface area contributed by atoms with Crippen LogP contribution in [0.5, 0.6) is 5.75 Å². The summed E-state index contributed by atoms with van der Waals surface area (Å²) in [5.74, 6) is 1.01. The average molecular weight is 247 g/mol. The molecule has 100 valence electrons. The molecular formula is C16H25NO. The molecule has 0 heterocycles. The number of hydrogen-bond donors (Lipinski definition) is 1. The third-order valence-electron chi connectivity index (χ3n) is 3.70. The number of ether oxygens (including phenoxy) is 1. The number of hydrogen-bond acceptors (Lipinski definition) is 2. The summed E-state index contributed by atoms with van der Waals surface area (Å²) in [5, 5.41) is 3.60. The molecule has 1 aromatic carbocycles. The summed E-state index contributed by atoms with van der Waals surface area (Å²) in [6.07, 6.45) is 8.09. The maximum absolute atomic E-state index is 6.19. The molecule has 2 nitrogen and oxygen atoms in total. The Morgan fingerprint density at radius 2 is 1.78 bits per heavy atom. The predicted octanol–water partition coefficient (Wildman–Crippen LogP) is 3.77. The van der Waals surface area contributed by atoms with E-state index in [1.54, 1.807) is 0 Å². The van der Waals surface area contributed by atoms with E-state index in [2.05, 4.69) is 24.4 Å². The van der Waals surface area contributed by atoms with E-state index in [1.165, 1.54) is 38.5 Å². The van der Waals surface area contributed by atoms with E-state index in [9.17, 15) is 0 Å². The topological polar surface area (TPSA) is 21.3 Å². The van der Waals surface area contributed by atoms with Crippen molar-refractivity contribution in [2.24, 2.45) is 0 Å². The smallest absolute Gasteiger partial charge is 0.119 e.